The fraction of sp³-hybridized carbons (Fsp3) is 0.273. The van der Waals surface area contributed by atoms with Gasteiger partial charge in [-0.1, -0.05) is 29.4 Å². The van der Waals surface area contributed by atoms with Gasteiger partial charge in [0.1, 0.15) is 0 Å². The van der Waals surface area contributed by atoms with Crippen LogP contribution in [0.3, 0.4) is 0 Å². The second-order valence-corrected chi connectivity index (χ2v) is 3.43. The highest BCUT2D eigenvalue weighted by atomic mass is 16.5. The predicted octanol–water partition coefficient (Wildman–Crippen LogP) is 1.43. The third kappa shape index (κ3) is 2.41. The van der Waals surface area contributed by atoms with Crippen molar-refractivity contribution in [1.29, 1.82) is 0 Å². The number of rotatable bonds is 3. The molecular weight excluding hydrogens is 190 g/mol. The smallest absolute Gasteiger partial charge is 0.223 e. The number of aromatic nitrogens is 2. The summed E-state index contributed by atoms with van der Waals surface area (Å²) in [6.07, 6.45) is 0.697. The second-order valence-electron chi connectivity index (χ2n) is 3.43. The van der Waals surface area contributed by atoms with E-state index in [1.807, 2.05) is 24.3 Å². The molecule has 0 aliphatic carbocycles. The first kappa shape index (κ1) is 9.86. The van der Waals surface area contributed by atoms with Crippen molar-refractivity contribution >= 4 is 0 Å². The van der Waals surface area contributed by atoms with E-state index >= 15 is 0 Å². The largest absolute Gasteiger partial charge is 0.340 e. The molecule has 0 aliphatic rings. The molecule has 0 saturated carbocycles. The molecule has 78 valence electrons. The van der Waals surface area contributed by atoms with Gasteiger partial charge in [-0.3, -0.25) is 0 Å². The van der Waals surface area contributed by atoms with Crippen LogP contribution in [0, 0.1) is 6.92 Å². The zero-order valence-corrected chi connectivity index (χ0v) is 8.60. The second kappa shape index (κ2) is 4.23. The third-order valence-corrected chi connectivity index (χ3v) is 2.19. The van der Waals surface area contributed by atoms with Crippen molar-refractivity contribution in [3.63, 3.8) is 0 Å². The minimum absolute atomic E-state index is 0.571. The first-order chi connectivity index (χ1) is 7.28. The van der Waals surface area contributed by atoms with Crippen LogP contribution in [0.5, 0.6) is 0 Å². The monoisotopic (exact) mass is 203 g/mol. The topological polar surface area (TPSA) is 64.9 Å². The fourth-order valence-electron chi connectivity index (χ4n) is 1.39. The number of nitrogens with two attached hydrogens (primary N) is 1. The van der Waals surface area contributed by atoms with Gasteiger partial charge in [-0.25, -0.2) is 0 Å². The Bertz CT molecular complexity index is 433. The number of hydrogen-bond acceptors (Lipinski definition) is 4. The van der Waals surface area contributed by atoms with E-state index < -0.39 is 0 Å². The van der Waals surface area contributed by atoms with E-state index in [0.717, 1.165) is 11.1 Å². The molecule has 0 fully saturated rings. The van der Waals surface area contributed by atoms with Crippen LogP contribution < -0.4 is 5.73 Å². The first-order valence-corrected chi connectivity index (χ1v) is 4.85. The molecule has 0 amide bonds. The lowest BCUT2D eigenvalue weighted by Crippen LogP contribution is -1.96. The Hall–Kier alpha value is -1.68. The summed E-state index contributed by atoms with van der Waals surface area (Å²) in [5.41, 5.74) is 7.80. The van der Waals surface area contributed by atoms with Gasteiger partial charge in [-0.05, 0) is 11.1 Å². The van der Waals surface area contributed by atoms with Gasteiger partial charge in [0, 0.05) is 19.9 Å². The molecule has 1 aromatic carbocycles. The molecular formula is C11H13N3O. The number of aryl methyl sites for hydroxylation is 1. The first-order valence-electron chi connectivity index (χ1n) is 4.85. The molecule has 4 nitrogen and oxygen atoms in total. The van der Waals surface area contributed by atoms with Crippen molar-refractivity contribution in [3.05, 3.63) is 47.1 Å². The third-order valence-electron chi connectivity index (χ3n) is 2.19. The number of benzene rings is 1. The van der Waals surface area contributed by atoms with E-state index in [0.29, 0.717) is 24.7 Å². The standard InChI is InChI=1S/C11H13N3O/c1-8-13-11(14-15-8)6-9-2-4-10(7-12)5-3-9/h2-5H,6-7,12H2,1H3. The van der Waals surface area contributed by atoms with Crippen molar-refractivity contribution in [3.8, 4) is 0 Å². The maximum absolute atomic E-state index is 5.52. The Kier molecular flexibility index (Phi) is 2.78. The Morgan fingerprint density at radius 1 is 1.20 bits per heavy atom. The van der Waals surface area contributed by atoms with Gasteiger partial charge in [-0.2, -0.15) is 4.98 Å². The highest BCUT2D eigenvalue weighted by Crippen LogP contribution is 2.08. The Morgan fingerprint density at radius 2 is 1.87 bits per heavy atom. The average molecular weight is 203 g/mol. The molecule has 2 N–H and O–H groups in total. The lowest BCUT2D eigenvalue weighted by molar-refractivity contribution is 0.388. The summed E-state index contributed by atoms with van der Waals surface area (Å²) in [6, 6.07) is 8.10. The van der Waals surface area contributed by atoms with Crippen molar-refractivity contribution in [2.75, 3.05) is 0 Å². The quantitative estimate of drug-likeness (QED) is 0.819. The van der Waals surface area contributed by atoms with Gasteiger partial charge in [0.25, 0.3) is 0 Å². The van der Waals surface area contributed by atoms with Crippen LogP contribution in [-0.4, -0.2) is 10.1 Å². The zero-order chi connectivity index (χ0) is 10.7. The summed E-state index contributed by atoms with van der Waals surface area (Å²) in [6.45, 7) is 2.36. The van der Waals surface area contributed by atoms with Gasteiger partial charge in [0.2, 0.25) is 5.89 Å². The molecule has 0 saturated heterocycles. The summed E-state index contributed by atoms with van der Waals surface area (Å²) < 4.78 is 4.90. The SMILES string of the molecule is Cc1nc(Cc2ccc(CN)cc2)no1. The molecule has 0 atom stereocenters. The summed E-state index contributed by atoms with van der Waals surface area (Å²) in [4.78, 5) is 4.15. The van der Waals surface area contributed by atoms with E-state index in [1.54, 1.807) is 6.92 Å². The van der Waals surface area contributed by atoms with Crippen molar-refractivity contribution in [1.82, 2.24) is 10.1 Å². The zero-order valence-electron chi connectivity index (χ0n) is 8.60. The average Bonchev–Trinajstić information content (AvgIpc) is 2.65. The molecule has 0 bridgehead atoms. The minimum atomic E-state index is 0.571. The van der Waals surface area contributed by atoms with E-state index in [-0.39, 0.29) is 0 Å². The summed E-state index contributed by atoms with van der Waals surface area (Å²) >= 11 is 0. The van der Waals surface area contributed by atoms with Gasteiger partial charge in [-0.15, -0.1) is 0 Å². The van der Waals surface area contributed by atoms with Crippen LogP contribution in [0.15, 0.2) is 28.8 Å². The van der Waals surface area contributed by atoms with E-state index in [9.17, 15) is 0 Å². The van der Waals surface area contributed by atoms with Crippen LogP contribution >= 0.6 is 0 Å². The van der Waals surface area contributed by atoms with E-state index in [1.165, 1.54) is 0 Å². The molecule has 15 heavy (non-hydrogen) atoms. The molecule has 2 rings (SSSR count). The molecule has 4 heteroatoms. The molecule has 2 aromatic rings. The maximum Gasteiger partial charge on any atom is 0.223 e. The summed E-state index contributed by atoms with van der Waals surface area (Å²) in [7, 11) is 0. The number of nitrogens with zero attached hydrogens (tertiary/aromatic N) is 2. The highest BCUT2D eigenvalue weighted by Gasteiger charge is 2.03. The molecule has 1 heterocycles. The van der Waals surface area contributed by atoms with Crippen LogP contribution in [0.2, 0.25) is 0 Å². The molecule has 0 radical (unpaired) electrons. The normalized spacial score (nSPS) is 10.5. The lowest BCUT2D eigenvalue weighted by atomic mass is 10.1. The van der Waals surface area contributed by atoms with Crippen molar-refractivity contribution in [2.24, 2.45) is 5.73 Å². The lowest BCUT2D eigenvalue weighted by Gasteiger charge is -1.99. The van der Waals surface area contributed by atoms with Crippen LogP contribution in [0.1, 0.15) is 22.8 Å². The Morgan fingerprint density at radius 3 is 2.40 bits per heavy atom. The van der Waals surface area contributed by atoms with Gasteiger partial charge in [0.05, 0.1) is 0 Å². The van der Waals surface area contributed by atoms with Crippen molar-refractivity contribution < 1.29 is 4.52 Å². The van der Waals surface area contributed by atoms with Gasteiger partial charge in [0.15, 0.2) is 5.82 Å². The Labute approximate surface area is 88.1 Å². The van der Waals surface area contributed by atoms with Crippen LogP contribution in [-0.2, 0) is 13.0 Å². The molecule has 0 spiro atoms. The summed E-state index contributed by atoms with van der Waals surface area (Å²) in [5, 5.41) is 3.84. The van der Waals surface area contributed by atoms with E-state index in [2.05, 4.69) is 10.1 Å². The van der Waals surface area contributed by atoms with Crippen molar-refractivity contribution in [2.45, 2.75) is 19.9 Å². The molecule has 0 unspecified atom stereocenters. The Balaban J connectivity index is 2.11. The maximum atomic E-state index is 5.52. The summed E-state index contributed by atoms with van der Waals surface area (Å²) in [5.74, 6) is 1.32. The van der Waals surface area contributed by atoms with Gasteiger partial charge >= 0.3 is 0 Å². The molecule has 0 aliphatic heterocycles. The molecule has 1 aromatic heterocycles. The van der Waals surface area contributed by atoms with E-state index in [4.69, 9.17) is 10.3 Å². The predicted molar refractivity (Wildman–Crippen MR) is 56.2 cm³/mol. The number of hydrogen-bond donors (Lipinski definition) is 1. The highest BCUT2D eigenvalue weighted by molar-refractivity contribution is 5.24. The van der Waals surface area contributed by atoms with Crippen LogP contribution in [0.4, 0.5) is 0 Å². The minimum Gasteiger partial charge on any atom is -0.340 e. The fourth-order valence-corrected chi connectivity index (χ4v) is 1.39. The van der Waals surface area contributed by atoms with Crippen LogP contribution in [0.25, 0.3) is 0 Å². The van der Waals surface area contributed by atoms with Gasteiger partial charge < -0.3 is 10.3 Å².